The van der Waals surface area contributed by atoms with E-state index in [0.29, 0.717) is 17.9 Å². The van der Waals surface area contributed by atoms with Crippen LogP contribution in [0.3, 0.4) is 0 Å². The summed E-state index contributed by atoms with van der Waals surface area (Å²) in [6.45, 7) is 1.34. The quantitative estimate of drug-likeness (QED) is 0.903. The SMILES string of the molecule is COc1cc(Br)ccc1C(=O)N1CC[C@H](N)C1. The summed E-state index contributed by atoms with van der Waals surface area (Å²) in [6.07, 6.45) is 0.866. The Morgan fingerprint density at radius 1 is 1.59 bits per heavy atom. The van der Waals surface area contributed by atoms with Gasteiger partial charge < -0.3 is 15.4 Å². The van der Waals surface area contributed by atoms with Crippen LogP contribution in [0, 0.1) is 0 Å². The molecule has 4 nitrogen and oxygen atoms in total. The second-order valence-electron chi connectivity index (χ2n) is 4.14. The first kappa shape index (κ1) is 12.4. The molecule has 1 atom stereocenters. The number of halogens is 1. The Hall–Kier alpha value is -1.07. The van der Waals surface area contributed by atoms with Crippen LogP contribution < -0.4 is 10.5 Å². The van der Waals surface area contributed by atoms with Crippen LogP contribution in [0.25, 0.3) is 0 Å². The second-order valence-corrected chi connectivity index (χ2v) is 5.06. The van der Waals surface area contributed by atoms with Crippen molar-refractivity contribution >= 4 is 21.8 Å². The van der Waals surface area contributed by atoms with Gasteiger partial charge in [-0.25, -0.2) is 0 Å². The summed E-state index contributed by atoms with van der Waals surface area (Å²) < 4.78 is 6.12. The lowest BCUT2D eigenvalue weighted by Crippen LogP contribution is -2.32. The lowest BCUT2D eigenvalue weighted by molar-refractivity contribution is 0.0787. The lowest BCUT2D eigenvalue weighted by atomic mass is 10.2. The van der Waals surface area contributed by atoms with Crippen LogP contribution in [-0.2, 0) is 0 Å². The summed E-state index contributed by atoms with van der Waals surface area (Å²) in [6, 6.07) is 5.50. The molecule has 0 radical (unpaired) electrons. The molecule has 1 aliphatic rings. The number of ether oxygens (including phenoxy) is 1. The smallest absolute Gasteiger partial charge is 0.257 e. The molecule has 1 saturated heterocycles. The third-order valence-corrected chi connectivity index (χ3v) is 3.40. The van der Waals surface area contributed by atoms with Crippen LogP contribution in [0.1, 0.15) is 16.8 Å². The van der Waals surface area contributed by atoms with Gasteiger partial charge >= 0.3 is 0 Å². The van der Waals surface area contributed by atoms with Crippen molar-refractivity contribution < 1.29 is 9.53 Å². The molecule has 0 spiro atoms. The Labute approximate surface area is 109 Å². The number of amides is 1. The summed E-state index contributed by atoms with van der Waals surface area (Å²) >= 11 is 3.35. The molecule has 0 aliphatic carbocycles. The fourth-order valence-corrected chi connectivity index (χ4v) is 2.32. The number of nitrogens with zero attached hydrogens (tertiary/aromatic N) is 1. The first-order chi connectivity index (χ1) is 8.11. The van der Waals surface area contributed by atoms with E-state index in [4.69, 9.17) is 10.5 Å². The standard InChI is InChI=1S/C12H15BrN2O2/c1-17-11-6-8(13)2-3-10(11)12(16)15-5-4-9(14)7-15/h2-3,6,9H,4-5,7,14H2,1H3/t9-/m0/s1. The monoisotopic (exact) mass is 298 g/mol. The molecule has 1 aliphatic heterocycles. The van der Waals surface area contributed by atoms with Gasteiger partial charge in [0, 0.05) is 23.6 Å². The molecule has 0 bridgehead atoms. The van der Waals surface area contributed by atoms with Gasteiger partial charge in [0.1, 0.15) is 5.75 Å². The molecule has 1 aromatic rings. The Morgan fingerprint density at radius 3 is 2.94 bits per heavy atom. The van der Waals surface area contributed by atoms with E-state index in [1.165, 1.54) is 0 Å². The summed E-state index contributed by atoms with van der Waals surface area (Å²) in [5.41, 5.74) is 6.39. The van der Waals surface area contributed by atoms with Gasteiger partial charge in [-0.05, 0) is 24.6 Å². The Morgan fingerprint density at radius 2 is 2.35 bits per heavy atom. The highest BCUT2D eigenvalue weighted by Gasteiger charge is 2.26. The van der Waals surface area contributed by atoms with Crippen LogP contribution in [0.15, 0.2) is 22.7 Å². The molecular formula is C12H15BrN2O2. The van der Waals surface area contributed by atoms with Crippen molar-refractivity contribution in [1.29, 1.82) is 0 Å². The van der Waals surface area contributed by atoms with E-state index in [0.717, 1.165) is 17.4 Å². The molecule has 2 rings (SSSR count). The van der Waals surface area contributed by atoms with Gasteiger partial charge in [0.25, 0.3) is 5.91 Å². The summed E-state index contributed by atoms with van der Waals surface area (Å²) in [5.74, 6) is 0.576. The summed E-state index contributed by atoms with van der Waals surface area (Å²) in [4.78, 5) is 14.0. The average Bonchev–Trinajstić information content (AvgIpc) is 2.75. The van der Waals surface area contributed by atoms with Crippen molar-refractivity contribution in [2.45, 2.75) is 12.5 Å². The number of methoxy groups -OCH3 is 1. The van der Waals surface area contributed by atoms with E-state index < -0.39 is 0 Å². The van der Waals surface area contributed by atoms with Gasteiger partial charge in [-0.2, -0.15) is 0 Å². The first-order valence-electron chi connectivity index (χ1n) is 5.50. The van der Waals surface area contributed by atoms with Crippen molar-refractivity contribution in [2.24, 2.45) is 5.73 Å². The van der Waals surface area contributed by atoms with Gasteiger partial charge in [0.15, 0.2) is 0 Å². The second kappa shape index (κ2) is 5.06. The van der Waals surface area contributed by atoms with Gasteiger partial charge in [0.2, 0.25) is 0 Å². The Balaban J connectivity index is 2.24. The van der Waals surface area contributed by atoms with Crippen molar-refractivity contribution in [3.8, 4) is 5.75 Å². The molecule has 0 aromatic heterocycles. The molecule has 0 saturated carbocycles. The molecule has 17 heavy (non-hydrogen) atoms. The van der Waals surface area contributed by atoms with E-state index in [2.05, 4.69) is 15.9 Å². The third-order valence-electron chi connectivity index (χ3n) is 2.91. The fourth-order valence-electron chi connectivity index (χ4n) is 1.98. The molecule has 5 heteroatoms. The minimum absolute atomic E-state index is 0.0118. The number of hydrogen-bond donors (Lipinski definition) is 1. The molecule has 1 aromatic carbocycles. The van der Waals surface area contributed by atoms with Crippen molar-refractivity contribution in [3.05, 3.63) is 28.2 Å². The molecule has 92 valence electrons. The number of carbonyl (C=O) groups excluding carboxylic acids is 1. The number of likely N-dealkylation sites (tertiary alicyclic amines) is 1. The highest BCUT2D eigenvalue weighted by Crippen LogP contribution is 2.25. The molecule has 0 unspecified atom stereocenters. The maximum absolute atomic E-state index is 12.3. The van der Waals surface area contributed by atoms with Crippen LogP contribution in [0.5, 0.6) is 5.75 Å². The van der Waals surface area contributed by atoms with Crippen molar-refractivity contribution in [1.82, 2.24) is 4.90 Å². The summed E-state index contributed by atoms with van der Waals surface area (Å²) in [5, 5.41) is 0. The predicted molar refractivity (Wildman–Crippen MR) is 69.2 cm³/mol. The Kier molecular flexibility index (Phi) is 3.69. The number of carbonyl (C=O) groups is 1. The molecule has 1 fully saturated rings. The zero-order chi connectivity index (χ0) is 12.4. The van der Waals surface area contributed by atoms with Gasteiger partial charge in [-0.1, -0.05) is 15.9 Å². The number of nitrogens with two attached hydrogens (primary N) is 1. The van der Waals surface area contributed by atoms with Crippen LogP contribution in [-0.4, -0.2) is 37.0 Å². The average molecular weight is 299 g/mol. The number of hydrogen-bond acceptors (Lipinski definition) is 3. The van der Waals surface area contributed by atoms with E-state index >= 15 is 0 Å². The maximum atomic E-state index is 12.3. The topological polar surface area (TPSA) is 55.6 Å². The van der Waals surface area contributed by atoms with E-state index in [-0.39, 0.29) is 11.9 Å². The number of rotatable bonds is 2. The van der Waals surface area contributed by atoms with Gasteiger partial charge in [-0.15, -0.1) is 0 Å². The maximum Gasteiger partial charge on any atom is 0.257 e. The normalized spacial score (nSPS) is 19.5. The molecule has 1 amide bonds. The van der Waals surface area contributed by atoms with E-state index in [1.807, 2.05) is 6.07 Å². The highest BCUT2D eigenvalue weighted by atomic mass is 79.9. The van der Waals surface area contributed by atoms with Crippen molar-refractivity contribution in [2.75, 3.05) is 20.2 Å². The van der Waals surface area contributed by atoms with E-state index in [1.54, 1.807) is 24.1 Å². The van der Waals surface area contributed by atoms with Gasteiger partial charge in [0.05, 0.1) is 12.7 Å². The summed E-state index contributed by atoms with van der Waals surface area (Å²) in [7, 11) is 1.56. The zero-order valence-electron chi connectivity index (χ0n) is 9.65. The van der Waals surface area contributed by atoms with Crippen LogP contribution >= 0.6 is 15.9 Å². The third kappa shape index (κ3) is 2.61. The van der Waals surface area contributed by atoms with E-state index in [9.17, 15) is 4.79 Å². The molecule has 2 N–H and O–H groups in total. The van der Waals surface area contributed by atoms with Crippen molar-refractivity contribution in [3.63, 3.8) is 0 Å². The lowest BCUT2D eigenvalue weighted by Gasteiger charge is -2.17. The minimum Gasteiger partial charge on any atom is -0.496 e. The Bertz CT molecular complexity index is 437. The fraction of sp³-hybridized carbons (Fsp3) is 0.417. The van der Waals surface area contributed by atoms with Crippen LogP contribution in [0.2, 0.25) is 0 Å². The number of benzene rings is 1. The first-order valence-corrected chi connectivity index (χ1v) is 6.29. The highest BCUT2D eigenvalue weighted by molar-refractivity contribution is 9.10. The zero-order valence-corrected chi connectivity index (χ0v) is 11.2. The van der Waals surface area contributed by atoms with Crippen LogP contribution in [0.4, 0.5) is 0 Å². The predicted octanol–water partition coefficient (Wildman–Crippen LogP) is 1.63. The van der Waals surface area contributed by atoms with Gasteiger partial charge in [-0.3, -0.25) is 4.79 Å². The molecule has 1 heterocycles. The minimum atomic E-state index is -0.0118. The molecular weight excluding hydrogens is 284 g/mol. The largest absolute Gasteiger partial charge is 0.496 e.